The van der Waals surface area contributed by atoms with Crippen LogP contribution in [0.5, 0.6) is 17.2 Å². The van der Waals surface area contributed by atoms with Crippen LogP contribution >= 0.6 is 0 Å². The molecule has 0 aromatic heterocycles. The molecule has 0 bridgehead atoms. The van der Waals surface area contributed by atoms with Gasteiger partial charge in [-0.2, -0.15) is 0 Å². The molecule has 2 rings (SSSR count). The molecule has 0 aliphatic heterocycles. The average Bonchev–Trinajstić information content (AvgIpc) is 2.27. The molecule has 0 aliphatic rings. The Hall–Kier alpha value is -1.96. The second kappa shape index (κ2) is 4.27. The van der Waals surface area contributed by atoms with Gasteiger partial charge in [0.05, 0.1) is 0 Å². The van der Waals surface area contributed by atoms with Crippen LogP contribution in [0.4, 0.5) is 0 Å². The van der Waals surface area contributed by atoms with Crippen molar-refractivity contribution in [3.63, 3.8) is 0 Å². The summed E-state index contributed by atoms with van der Waals surface area (Å²) in [6.45, 7) is 4.04. The molecule has 0 fully saturated rings. The molecule has 2 nitrogen and oxygen atoms in total. The van der Waals surface area contributed by atoms with Gasteiger partial charge in [-0.3, -0.25) is 0 Å². The lowest BCUT2D eigenvalue weighted by atomic mass is 10.1. The molecular formula is C14H14O2. The van der Waals surface area contributed by atoms with Crippen LogP contribution in [-0.2, 0) is 0 Å². The Morgan fingerprint density at radius 1 is 0.938 bits per heavy atom. The normalized spacial score (nSPS) is 10.1. The topological polar surface area (TPSA) is 29.5 Å². The van der Waals surface area contributed by atoms with Crippen LogP contribution in [0.25, 0.3) is 0 Å². The minimum Gasteiger partial charge on any atom is -0.508 e. The van der Waals surface area contributed by atoms with Gasteiger partial charge in [-0.1, -0.05) is 12.1 Å². The quantitative estimate of drug-likeness (QED) is 0.823. The number of hydrogen-bond donors (Lipinski definition) is 1. The van der Waals surface area contributed by atoms with Crippen molar-refractivity contribution in [3.05, 3.63) is 53.6 Å². The zero-order valence-electron chi connectivity index (χ0n) is 9.40. The summed E-state index contributed by atoms with van der Waals surface area (Å²) in [6.07, 6.45) is 0. The predicted molar refractivity (Wildman–Crippen MR) is 64.1 cm³/mol. The fourth-order valence-electron chi connectivity index (χ4n) is 1.46. The molecule has 2 aromatic rings. The Morgan fingerprint density at radius 2 is 1.62 bits per heavy atom. The molecule has 0 heterocycles. The number of benzene rings is 2. The number of phenols is 1. The average molecular weight is 214 g/mol. The molecule has 1 N–H and O–H groups in total. The highest BCUT2D eigenvalue weighted by atomic mass is 16.5. The van der Waals surface area contributed by atoms with E-state index < -0.39 is 0 Å². The van der Waals surface area contributed by atoms with Gasteiger partial charge in [-0.15, -0.1) is 0 Å². The number of hydrogen-bond acceptors (Lipinski definition) is 2. The monoisotopic (exact) mass is 214 g/mol. The molecule has 2 heteroatoms. The molecule has 2 aromatic carbocycles. The van der Waals surface area contributed by atoms with Gasteiger partial charge >= 0.3 is 0 Å². The molecule has 0 amide bonds. The molecule has 0 unspecified atom stereocenters. The molecule has 0 spiro atoms. The van der Waals surface area contributed by atoms with Crippen molar-refractivity contribution < 1.29 is 9.84 Å². The highest BCUT2D eigenvalue weighted by molar-refractivity contribution is 5.40. The van der Waals surface area contributed by atoms with E-state index in [0.717, 1.165) is 17.1 Å². The third kappa shape index (κ3) is 2.34. The first-order chi connectivity index (χ1) is 7.65. The number of phenolic OH excluding ortho intramolecular Hbond substituents is 1. The second-order valence-corrected chi connectivity index (χ2v) is 3.86. The largest absolute Gasteiger partial charge is 0.508 e. The van der Waals surface area contributed by atoms with Gasteiger partial charge < -0.3 is 9.84 Å². The summed E-state index contributed by atoms with van der Waals surface area (Å²) < 4.78 is 5.73. The highest BCUT2D eigenvalue weighted by Gasteiger charge is 2.01. The predicted octanol–water partition coefficient (Wildman–Crippen LogP) is 3.80. The fourth-order valence-corrected chi connectivity index (χ4v) is 1.46. The van der Waals surface area contributed by atoms with Gasteiger partial charge in [0, 0.05) is 0 Å². The van der Waals surface area contributed by atoms with Gasteiger partial charge in [0.2, 0.25) is 0 Å². The van der Waals surface area contributed by atoms with Crippen molar-refractivity contribution in [1.29, 1.82) is 0 Å². The maximum absolute atomic E-state index is 9.17. The van der Waals surface area contributed by atoms with Crippen molar-refractivity contribution in [2.45, 2.75) is 13.8 Å². The lowest BCUT2D eigenvalue weighted by Gasteiger charge is -2.09. The van der Waals surface area contributed by atoms with Gasteiger partial charge in [0.15, 0.2) is 0 Å². The molecule has 0 atom stereocenters. The summed E-state index contributed by atoms with van der Waals surface area (Å²) in [5, 5.41) is 9.17. The van der Waals surface area contributed by atoms with E-state index in [2.05, 4.69) is 6.07 Å². The van der Waals surface area contributed by atoms with Crippen LogP contribution in [-0.4, -0.2) is 5.11 Å². The smallest absolute Gasteiger partial charge is 0.130 e. The highest BCUT2D eigenvalue weighted by Crippen LogP contribution is 2.26. The van der Waals surface area contributed by atoms with Crippen LogP contribution in [0.2, 0.25) is 0 Å². The van der Waals surface area contributed by atoms with E-state index >= 15 is 0 Å². The van der Waals surface area contributed by atoms with E-state index in [0.29, 0.717) is 0 Å². The van der Waals surface area contributed by atoms with Gasteiger partial charge in [-0.05, 0) is 55.3 Å². The fraction of sp³-hybridized carbons (Fsp3) is 0.143. The van der Waals surface area contributed by atoms with E-state index in [4.69, 9.17) is 9.84 Å². The van der Waals surface area contributed by atoms with Crippen molar-refractivity contribution in [2.75, 3.05) is 0 Å². The van der Waals surface area contributed by atoms with Gasteiger partial charge in [-0.25, -0.2) is 0 Å². The minimum absolute atomic E-state index is 0.244. The molecule has 0 aliphatic carbocycles. The standard InChI is InChI=1S/C14H14O2/c1-10-3-4-11(2)14(9-10)16-13-7-5-12(15)6-8-13/h3-9,15H,1-2H3. The summed E-state index contributed by atoms with van der Waals surface area (Å²) in [5.41, 5.74) is 2.26. The lowest BCUT2D eigenvalue weighted by molar-refractivity contribution is 0.463. The van der Waals surface area contributed by atoms with Crippen LogP contribution in [0, 0.1) is 13.8 Å². The van der Waals surface area contributed by atoms with Crippen molar-refractivity contribution in [3.8, 4) is 17.2 Å². The van der Waals surface area contributed by atoms with Crippen molar-refractivity contribution in [1.82, 2.24) is 0 Å². The first-order valence-corrected chi connectivity index (χ1v) is 5.19. The Kier molecular flexibility index (Phi) is 2.82. The summed E-state index contributed by atoms with van der Waals surface area (Å²) in [7, 11) is 0. The SMILES string of the molecule is Cc1ccc(C)c(Oc2ccc(O)cc2)c1. The van der Waals surface area contributed by atoms with Crippen LogP contribution in [0.15, 0.2) is 42.5 Å². The maximum atomic E-state index is 9.17. The summed E-state index contributed by atoms with van der Waals surface area (Å²) in [4.78, 5) is 0. The Bertz CT molecular complexity index is 487. The lowest BCUT2D eigenvalue weighted by Crippen LogP contribution is -1.88. The number of ether oxygens (including phenoxy) is 1. The van der Waals surface area contributed by atoms with Crippen LogP contribution in [0.1, 0.15) is 11.1 Å². The summed E-state index contributed by atoms with van der Waals surface area (Å²) in [6, 6.07) is 12.8. The van der Waals surface area contributed by atoms with E-state index in [1.807, 2.05) is 26.0 Å². The summed E-state index contributed by atoms with van der Waals surface area (Å²) in [5.74, 6) is 1.82. The number of rotatable bonds is 2. The van der Waals surface area contributed by atoms with Gasteiger partial charge in [0.1, 0.15) is 17.2 Å². The third-order valence-corrected chi connectivity index (χ3v) is 2.41. The summed E-state index contributed by atoms with van der Waals surface area (Å²) >= 11 is 0. The second-order valence-electron chi connectivity index (χ2n) is 3.86. The molecular weight excluding hydrogens is 200 g/mol. The maximum Gasteiger partial charge on any atom is 0.130 e. The van der Waals surface area contributed by atoms with E-state index in [1.165, 1.54) is 5.56 Å². The zero-order chi connectivity index (χ0) is 11.5. The van der Waals surface area contributed by atoms with Crippen molar-refractivity contribution in [2.24, 2.45) is 0 Å². The minimum atomic E-state index is 0.244. The Labute approximate surface area is 95.1 Å². The third-order valence-electron chi connectivity index (χ3n) is 2.41. The van der Waals surface area contributed by atoms with E-state index in [-0.39, 0.29) is 5.75 Å². The first kappa shape index (κ1) is 10.6. The first-order valence-electron chi connectivity index (χ1n) is 5.19. The molecule has 0 radical (unpaired) electrons. The van der Waals surface area contributed by atoms with Crippen LogP contribution in [0.3, 0.4) is 0 Å². The number of aromatic hydroxyl groups is 1. The zero-order valence-corrected chi connectivity index (χ0v) is 9.40. The molecule has 0 saturated heterocycles. The van der Waals surface area contributed by atoms with E-state index in [1.54, 1.807) is 24.3 Å². The molecule has 16 heavy (non-hydrogen) atoms. The van der Waals surface area contributed by atoms with Gasteiger partial charge in [0.25, 0.3) is 0 Å². The number of aryl methyl sites for hydroxylation is 2. The Balaban J connectivity index is 2.26. The van der Waals surface area contributed by atoms with E-state index in [9.17, 15) is 0 Å². The molecule has 0 saturated carbocycles. The molecule has 82 valence electrons. The van der Waals surface area contributed by atoms with Crippen molar-refractivity contribution >= 4 is 0 Å². The van der Waals surface area contributed by atoms with Crippen LogP contribution < -0.4 is 4.74 Å². The Morgan fingerprint density at radius 3 is 2.31 bits per heavy atom.